The van der Waals surface area contributed by atoms with Gasteiger partial charge in [0.1, 0.15) is 5.52 Å². The van der Waals surface area contributed by atoms with E-state index >= 15 is 0 Å². The highest BCUT2D eigenvalue weighted by Gasteiger charge is 2.31. The molecule has 3 rings (SSSR count). The number of hydrogen-bond donors (Lipinski definition) is 2. The van der Waals surface area contributed by atoms with Gasteiger partial charge in [0.25, 0.3) is 0 Å². The molecular weight excluding hydrogens is 242 g/mol. The van der Waals surface area contributed by atoms with E-state index in [2.05, 4.69) is 36.3 Å². The fraction of sp³-hybridized carbons (Fsp3) is 0.500. The highest BCUT2D eigenvalue weighted by atomic mass is 32.1. The van der Waals surface area contributed by atoms with Crippen LogP contribution in [0.5, 0.6) is 0 Å². The Hall–Kier alpha value is -1.29. The van der Waals surface area contributed by atoms with Crippen molar-refractivity contribution < 1.29 is 0 Å². The normalized spacial score (nSPS) is 22.4. The van der Waals surface area contributed by atoms with E-state index in [1.165, 1.54) is 19.3 Å². The lowest BCUT2D eigenvalue weighted by Crippen LogP contribution is -2.18. The second kappa shape index (κ2) is 4.12. The molecule has 3 N–H and O–H groups in total. The molecular formula is C14H19N3S. The molecule has 1 heterocycles. The first-order valence-electron chi connectivity index (χ1n) is 6.43. The van der Waals surface area contributed by atoms with Gasteiger partial charge in [0, 0.05) is 6.04 Å². The van der Waals surface area contributed by atoms with E-state index in [0.717, 1.165) is 21.6 Å². The second-order valence-corrected chi connectivity index (χ2v) is 6.86. The fourth-order valence-corrected chi connectivity index (χ4v) is 3.55. The molecule has 0 amide bonds. The molecule has 0 bridgehead atoms. The molecule has 96 valence electrons. The van der Waals surface area contributed by atoms with Gasteiger partial charge in [-0.25, -0.2) is 4.98 Å². The Morgan fingerprint density at radius 2 is 2.28 bits per heavy atom. The monoisotopic (exact) mass is 261 g/mol. The van der Waals surface area contributed by atoms with E-state index in [4.69, 9.17) is 5.73 Å². The minimum Gasteiger partial charge on any atom is -0.395 e. The van der Waals surface area contributed by atoms with E-state index in [0.29, 0.717) is 11.5 Å². The number of nitrogens with two attached hydrogens (primary N) is 1. The zero-order chi connectivity index (χ0) is 12.8. The quantitative estimate of drug-likeness (QED) is 0.807. The van der Waals surface area contributed by atoms with E-state index in [-0.39, 0.29) is 0 Å². The number of hydrogen-bond acceptors (Lipinski definition) is 4. The van der Waals surface area contributed by atoms with Gasteiger partial charge in [0.15, 0.2) is 0 Å². The molecule has 1 saturated carbocycles. The Morgan fingerprint density at radius 1 is 1.44 bits per heavy atom. The van der Waals surface area contributed by atoms with Crippen molar-refractivity contribution >= 4 is 32.9 Å². The first-order valence-corrected chi connectivity index (χ1v) is 7.31. The number of aromatic nitrogens is 1. The molecule has 1 unspecified atom stereocenters. The summed E-state index contributed by atoms with van der Waals surface area (Å²) < 4.78 is 1.16. The summed E-state index contributed by atoms with van der Waals surface area (Å²) in [6.45, 7) is 4.67. The van der Waals surface area contributed by atoms with Crippen molar-refractivity contribution in [2.75, 3.05) is 11.1 Å². The van der Waals surface area contributed by atoms with Gasteiger partial charge in [0.05, 0.1) is 21.6 Å². The molecule has 3 nitrogen and oxygen atoms in total. The smallest absolute Gasteiger partial charge is 0.106 e. The number of rotatable bonds is 2. The van der Waals surface area contributed by atoms with Gasteiger partial charge in [-0.05, 0) is 36.8 Å². The predicted octanol–water partition coefficient (Wildman–Crippen LogP) is 3.87. The highest BCUT2D eigenvalue weighted by molar-refractivity contribution is 7.16. The summed E-state index contributed by atoms with van der Waals surface area (Å²) >= 11 is 1.63. The molecule has 0 spiro atoms. The maximum absolute atomic E-state index is 6.19. The molecule has 1 aliphatic rings. The van der Waals surface area contributed by atoms with Crippen LogP contribution in [0.15, 0.2) is 17.6 Å². The van der Waals surface area contributed by atoms with Crippen molar-refractivity contribution in [1.82, 2.24) is 4.98 Å². The van der Waals surface area contributed by atoms with Crippen LogP contribution in [0.2, 0.25) is 0 Å². The van der Waals surface area contributed by atoms with Gasteiger partial charge >= 0.3 is 0 Å². The Labute approximate surface area is 111 Å². The van der Waals surface area contributed by atoms with E-state index in [1.54, 1.807) is 11.3 Å². The SMILES string of the molecule is CC1(C)CCC(Nc2ccc3scnc3c2N)C1. The molecule has 0 saturated heterocycles. The number of anilines is 2. The minimum atomic E-state index is 0.456. The lowest BCUT2D eigenvalue weighted by Gasteiger charge is -2.19. The molecule has 1 aliphatic carbocycles. The molecule has 1 atom stereocenters. The molecule has 0 radical (unpaired) electrons. The van der Waals surface area contributed by atoms with Crippen molar-refractivity contribution in [3.8, 4) is 0 Å². The molecule has 2 aromatic rings. The van der Waals surface area contributed by atoms with Crippen LogP contribution in [-0.4, -0.2) is 11.0 Å². The molecule has 4 heteroatoms. The van der Waals surface area contributed by atoms with Crippen LogP contribution < -0.4 is 11.1 Å². The average molecular weight is 261 g/mol. The standard InChI is InChI=1S/C14H19N3S/c1-14(2)6-5-9(7-14)17-10-3-4-11-13(12(10)15)16-8-18-11/h3-4,8-9,17H,5-7,15H2,1-2H3. The third kappa shape index (κ3) is 2.05. The van der Waals surface area contributed by atoms with E-state index < -0.39 is 0 Å². The summed E-state index contributed by atoms with van der Waals surface area (Å²) in [5, 5.41) is 3.59. The van der Waals surface area contributed by atoms with Crippen molar-refractivity contribution in [1.29, 1.82) is 0 Å². The van der Waals surface area contributed by atoms with Gasteiger partial charge in [-0.15, -0.1) is 11.3 Å². The summed E-state index contributed by atoms with van der Waals surface area (Å²) in [7, 11) is 0. The molecule has 1 aromatic heterocycles. The number of nitrogens with zero attached hydrogens (tertiary/aromatic N) is 1. The van der Waals surface area contributed by atoms with Crippen LogP contribution >= 0.6 is 11.3 Å². The second-order valence-electron chi connectivity index (χ2n) is 5.97. The predicted molar refractivity (Wildman–Crippen MR) is 79.1 cm³/mol. The third-order valence-electron chi connectivity index (χ3n) is 3.87. The van der Waals surface area contributed by atoms with Crippen LogP contribution in [0.25, 0.3) is 10.2 Å². The molecule has 1 fully saturated rings. The van der Waals surface area contributed by atoms with E-state index in [9.17, 15) is 0 Å². The summed E-state index contributed by atoms with van der Waals surface area (Å²) in [5.74, 6) is 0. The summed E-state index contributed by atoms with van der Waals surface area (Å²) in [5.41, 5.74) is 11.3. The van der Waals surface area contributed by atoms with Crippen molar-refractivity contribution in [2.24, 2.45) is 5.41 Å². The maximum atomic E-state index is 6.19. The summed E-state index contributed by atoms with van der Waals surface area (Å²) in [6, 6.07) is 4.73. The maximum Gasteiger partial charge on any atom is 0.106 e. The van der Waals surface area contributed by atoms with Crippen LogP contribution in [-0.2, 0) is 0 Å². The topological polar surface area (TPSA) is 50.9 Å². The summed E-state index contributed by atoms with van der Waals surface area (Å²) in [6.07, 6.45) is 3.71. The van der Waals surface area contributed by atoms with Gasteiger partial charge in [-0.2, -0.15) is 0 Å². The van der Waals surface area contributed by atoms with Crippen molar-refractivity contribution in [3.05, 3.63) is 17.6 Å². The van der Waals surface area contributed by atoms with Crippen molar-refractivity contribution in [3.63, 3.8) is 0 Å². The third-order valence-corrected chi connectivity index (χ3v) is 4.66. The Kier molecular flexibility index (Phi) is 2.70. The minimum absolute atomic E-state index is 0.456. The Balaban J connectivity index is 1.85. The van der Waals surface area contributed by atoms with Crippen LogP contribution in [0, 0.1) is 5.41 Å². The number of fused-ring (bicyclic) bond motifs is 1. The Bertz CT molecular complexity index is 573. The number of thiazole rings is 1. The lowest BCUT2D eigenvalue weighted by molar-refractivity contribution is 0.378. The molecule has 1 aromatic carbocycles. The first-order chi connectivity index (χ1) is 8.55. The van der Waals surface area contributed by atoms with Gasteiger partial charge in [-0.1, -0.05) is 13.8 Å². The van der Waals surface area contributed by atoms with Crippen LogP contribution in [0.1, 0.15) is 33.1 Å². The van der Waals surface area contributed by atoms with Crippen molar-refractivity contribution in [2.45, 2.75) is 39.2 Å². The number of benzene rings is 1. The lowest BCUT2D eigenvalue weighted by atomic mass is 9.92. The van der Waals surface area contributed by atoms with Gasteiger partial charge in [0.2, 0.25) is 0 Å². The first kappa shape index (κ1) is 11.8. The van der Waals surface area contributed by atoms with Gasteiger partial charge in [-0.3, -0.25) is 0 Å². The summed E-state index contributed by atoms with van der Waals surface area (Å²) in [4.78, 5) is 4.34. The van der Waals surface area contributed by atoms with Gasteiger partial charge < -0.3 is 11.1 Å². The highest BCUT2D eigenvalue weighted by Crippen LogP contribution is 2.39. The Morgan fingerprint density at radius 3 is 3.00 bits per heavy atom. The zero-order valence-electron chi connectivity index (χ0n) is 10.9. The van der Waals surface area contributed by atoms with Crippen LogP contribution in [0.3, 0.4) is 0 Å². The fourth-order valence-electron chi connectivity index (χ4n) is 2.86. The average Bonchev–Trinajstić information content (AvgIpc) is 2.89. The molecule has 0 aliphatic heterocycles. The largest absolute Gasteiger partial charge is 0.395 e. The molecule has 18 heavy (non-hydrogen) atoms. The van der Waals surface area contributed by atoms with E-state index in [1.807, 2.05) is 5.51 Å². The van der Waals surface area contributed by atoms with Crippen LogP contribution in [0.4, 0.5) is 11.4 Å². The zero-order valence-corrected chi connectivity index (χ0v) is 11.7. The number of nitrogen functional groups attached to an aromatic ring is 1. The number of nitrogens with one attached hydrogen (secondary N) is 1.